The summed E-state index contributed by atoms with van der Waals surface area (Å²) in [6.07, 6.45) is -1.07. The number of carboxylic acids is 2. The topological polar surface area (TPSA) is 88.8 Å². The van der Waals surface area contributed by atoms with Gasteiger partial charge in [0.25, 0.3) is 0 Å². The summed E-state index contributed by atoms with van der Waals surface area (Å²) in [5.74, 6) is -1.91. The van der Waals surface area contributed by atoms with E-state index in [1.807, 2.05) is 0 Å². The van der Waals surface area contributed by atoms with Gasteiger partial charge in [-0.05, 0) is 42.8 Å². The van der Waals surface area contributed by atoms with E-state index in [1.54, 1.807) is 41.0 Å². The van der Waals surface area contributed by atoms with Gasteiger partial charge in [-0.2, -0.15) is 0 Å². The van der Waals surface area contributed by atoms with Gasteiger partial charge in [0.1, 0.15) is 11.4 Å². The molecule has 1 aromatic heterocycles. The molecule has 0 saturated heterocycles. The van der Waals surface area contributed by atoms with E-state index in [1.165, 1.54) is 13.0 Å². The molecule has 0 amide bonds. The summed E-state index contributed by atoms with van der Waals surface area (Å²) in [6, 6.07) is 11.6. The number of carboxylic acid groups (broad SMARTS) is 2. The van der Waals surface area contributed by atoms with Crippen LogP contribution in [-0.4, -0.2) is 32.8 Å². The van der Waals surface area contributed by atoms with Gasteiger partial charge in [0.2, 0.25) is 0 Å². The third kappa shape index (κ3) is 3.86. The Morgan fingerprint density at radius 1 is 1.11 bits per heavy atom. The van der Waals surface area contributed by atoms with E-state index < -0.39 is 18.0 Å². The van der Waals surface area contributed by atoms with Gasteiger partial charge in [0.15, 0.2) is 6.10 Å². The number of aromatic nitrogens is 1. The summed E-state index contributed by atoms with van der Waals surface area (Å²) >= 11 is 12.0. The van der Waals surface area contributed by atoms with Gasteiger partial charge in [0, 0.05) is 11.9 Å². The Bertz CT molecular complexity index is 1040. The Labute approximate surface area is 164 Å². The molecule has 27 heavy (non-hydrogen) atoms. The van der Waals surface area contributed by atoms with E-state index in [9.17, 15) is 14.7 Å². The zero-order valence-electron chi connectivity index (χ0n) is 14.1. The highest BCUT2D eigenvalue weighted by Gasteiger charge is 2.20. The highest BCUT2D eigenvalue weighted by molar-refractivity contribution is 6.42. The smallest absolute Gasteiger partial charge is 0.352 e. The standard InChI is InChI=1S/C19H15Cl2NO5/c1-10(18(23)24)27-17-4-2-3-15-12(17)8-16(19(25)26)22(15)9-11-5-6-13(20)14(21)7-11/h2-8,10H,9H2,1H3,(H,23,24)(H,25,26). The number of ether oxygens (including phenoxy) is 1. The predicted octanol–water partition coefficient (Wildman–Crippen LogP) is 4.55. The molecule has 1 unspecified atom stereocenters. The SMILES string of the molecule is CC(Oc1cccc2c1cc(C(=O)O)n2Cc1ccc(Cl)c(Cl)c1)C(=O)O. The van der Waals surface area contributed by atoms with E-state index in [-0.39, 0.29) is 12.2 Å². The van der Waals surface area contributed by atoms with Crippen LogP contribution >= 0.6 is 23.2 Å². The summed E-state index contributed by atoms with van der Waals surface area (Å²) in [4.78, 5) is 22.8. The Balaban J connectivity index is 2.10. The van der Waals surface area contributed by atoms with Crippen molar-refractivity contribution in [3.63, 3.8) is 0 Å². The highest BCUT2D eigenvalue weighted by Crippen LogP contribution is 2.31. The maximum atomic E-state index is 11.7. The van der Waals surface area contributed by atoms with Crippen LogP contribution in [0.2, 0.25) is 10.0 Å². The first kappa shape index (κ1) is 19.1. The minimum atomic E-state index is -1.11. The molecule has 0 saturated carbocycles. The van der Waals surface area contributed by atoms with E-state index in [2.05, 4.69) is 0 Å². The number of aliphatic carboxylic acids is 1. The average molecular weight is 408 g/mol. The van der Waals surface area contributed by atoms with Crippen LogP contribution in [0.3, 0.4) is 0 Å². The van der Waals surface area contributed by atoms with Crippen molar-refractivity contribution in [1.82, 2.24) is 4.57 Å². The lowest BCUT2D eigenvalue weighted by Crippen LogP contribution is -2.22. The monoisotopic (exact) mass is 407 g/mol. The quantitative estimate of drug-likeness (QED) is 0.625. The van der Waals surface area contributed by atoms with Crippen molar-refractivity contribution in [2.75, 3.05) is 0 Å². The molecular formula is C19H15Cl2NO5. The highest BCUT2D eigenvalue weighted by atomic mass is 35.5. The van der Waals surface area contributed by atoms with Crippen LogP contribution in [0.15, 0.2) is 42.5 Å². The van der Waals surface area contributed by atoms with Crippen LogP contribution in [0, 0.1) is 0 Å². The fourth-order valence-electron chi connectivity index (χ4n) is 2.77. The molecule has 1 heterocycles. The molecular weight excluding hydrogens is 393 g/mol. The number of hydrogen-bond acceptors (Lipinski definition) is 3. The van der Waals surface area contributed by atoms with E-state index in [0.29, 0.717) is 26.7 Å². The van der Waals surface area contributed by atoms with Crippen LogP contribution in [0.1, 0.15) is 23.0 Å². The zero-order valence-corrected chi connectivity index (χ0v) is 15.7. The minimum Gasteiger partial charge on any atom is -0.479 e. The molecule has 0 aliphatic rings. The van der Waals surface area contributed by atoms with Crippen molar-refractivity contribution in [3.8, 4) is 5.75 Å². The Morgan fingerprint density at radius 2 is 1.85 bits per heavy atom. The number of fused-ring (bicyclic) bond motifs is 1. The van der Waals surface area contributed by atoms with E-state index in [4.69, 9.17) is 33.0 Å². The van der Waals surface area contributed by atoms with Crippen LogP contribution in [0.25, 0.3) is 10.9 Å². The number of nitrogens with zero attached hydrogens (tertiary/aromatic N) is 1. The number of carbonyl (C=O) groups is 2. The van der Waals surface area contributed by atoms with Crippen LogP contribution in [-0.2, 0) is 11.3 Å². The largest absolute Gasteiger partial charge is 0.479 e. The summed E-state index contributed by atoms with van der Waals surface area (Å²) in [5.41, 5.74) is 1.43. The van der Waals surface area contributed by atoms with Crippen molar-refractivity contribution < 1.29 is 24.5 Å². The van der Waals surface area contributed by atoms with Gasteiger partial charge in [-0.25, -0.2) is 9.59 Å². The third-order valence-corrected chi connectivity index (χ3v) is 4.84. The Hall–Kier alpha value is -2.70. The third-order valence-electron chi connectivity index (χ3n) is 4.10. The lowest BCUT2D eigenvalue weighted by molar-refractivity contribution is -0.144. The first-order valence-corrected chi connectivity index (χ1v) is 8.72. The Kier molecular flexibility index (Phi) is 5.30. The molecule has 8 heteroatoms. The number of aromatic carboxylic acids is 1. The minimum absolute atomic E-state index is 0.0510. The molecule has 3 aromatic rings. The second-order valence-corrected chi connectivity index (χ2v) is 6.77. The van der Waals surface area contributed by atoms with Crippen molar-refractivity contribution >= 4 is 46.0 Å². The lowest BCUT2D eigenvalue weighted by Gasteiger charge is -2.12. The second kappa shape index (κ2) is 7.50. The van der Waals surface area contributed by atoms with Gasteiger partial charge in [-0.3, -0.25) is 0 Å². The average Bonchev–Trinajstić information content (AvgIpc) is 2.98. The molecule has 140 valence electrons. The van der Waals surface area contributed by atoms with Crippen LogP contribution < -0.4 is 4.74 Å². The van der Waals surface area contributed by atoms with E-state index >= 15 is 0 Å². The van der Waals surface area contributed by atoms with Crippen molar-refractivity contribution in [2.45, 2.75) is 19.6 Å². The van der Waals surface area contributed by atoms with Gasteiger partial charge in [-0.15, -0.1) is 0 Å². The number of benzene rings is 2. The molecule has 2 aromatic carbocycles. The maximum Gasteiger partial charge on any atom is 0.352 e. The summed E-state index contributed by atoms with van der Waals surface area (Å²) in [5, 5.41) is 20.0. The molecule has 2 N–H and O–H groups in total. The van der Waals surface area contributed by atoms with Crippen molar-refractivity contribution in [1.29, 1.82) is 0 Å². The first-order chi connectivity index (χ1) is 12.8. The van der Waals surface area contributed by atoms with Crippen LogP contribution in [0.5, 0.6) is 5.75 Å². The van der Waals surface area contributed by atoms with Gasteiger partial charge >= 0.3 is 11.9 Å². The summed E-state index contributed by atoms with van der Waals surface area (Å²) in [7, 11) is 0. The second-order valence-electron chi connectivity index (χ2n) is 5.96. The molecule has 0 spiro atoms. The summed E-state index contributed by atoms with van der Waals surface area (Å²) < 4.78 is 7.08. The fraction of sp³-hybridized carbons (Fsp3) is 0.158. The first-order valence-electron chi connectivity index (χ1n) is 7.97. The number of rotatable bonds is 6. The molecule has 3 rings (SSSR count). The van der Waals surface area contributed by atoms with Crippen molar-refractivity contribution in [2.24, 2.45) is 0 Å². The van der Waals surface area contributed by atoms with Gasteiger partial charge in [-0.1, -0.05) is 35.3 Å². The van der Waals surface area contributed by atoms with Crippen LogP contribution in [0.4, 0.5) is 0 Å². The van der Waals surface area contributed by atoms with Gasteiger partial charge in [0.05, 0.1) is 15.6 Å². The maximum absolute atomic E-state index is 11.7. The zero-order chi connectivity index (χ0) is 19.7. The number of halogens is 2. The number of hydrogen-bond donors (Lipinski definition) is 2. The molecule has 1 atom stereocenters. The van der Waals surface area contributed by atoms with Gasteiger partial charge < -0.3 is 19.5 Å². The predicted molar refractivity (Wildman–Crippen MR) is 102 cm³/mol. The molecule has 6 nitrogen and oxygen atoms in total. The molecule has 0 radical (unpaired) electrons. The molecule has 0 fully saturated rings. The molecule has 0 aliphatic heterocycles. The lowest BCUT2D eigenvalue weighted by atomic mass is 10.2. The molecule has 0 bridgehead atoms. The van der Waals surface area contributed by atoms with E-state index in [0.717, 1.165) is 5.56 Å². The molecule has 0 aliphatic carbocycles. The fourth-order valence-corrected chi connectivity index (χ4v) is 3.09. The van der Waals surface area contributed by atoms with Crippen molar-refractivity contribution in [3.05, 3.63) is 63.8 Å². The summed E-state index contributed by atoms with van der Waals surface area (Å²) in [6.45, 7) is 1.66. The Morgan fingerprint density at radius 3 is 2.48 bits per heavy atom. The normalized spacial score (nSPS) is 12.1.